The third-order valence-electron chi connectivity index (χ3n) is 5.88. The minimum Gasteiger partial charge on any atom is -0.340 e. The summed E-state index contributed by atoms with van der Waals surface area (Å²) < 4.78 is 29.0. The molecule has 11 heteroatoms. The third kappa shape index (κ3) is 3.94. The molecule has 0 aliphatic carbocycles. The van der Waals surface area contributed by atoms with Gasteiger partial charge in [0.15, 0.2) is 0 Å². The number of nitrogens with zero attached hydrogens (tertiary/aromatic N) is 4. The van der Waals surface area contributed by atoms with Crippen LogP contribution in [0, 0.1) is 17.6 Å². The van der Waals surface area contributed by atoms with E-state index in [0.717, 1.165) is 6.07 Å². The quantitative estimate of drug-likeness (QED) is 0.706. The average molecular weight is 466 g/mol. The van der Waals surface area contributed by atoms with E-state index in [1.165, 1.54) is 9.80 Å². The summed E-state index contributed by atoms with van der Waals surface area (Å²) in [5.41, 5.74) is 1.44. The Labute approximate surface area is 188 Å². The zero-order chi connectivity index (χ0) is 23.2. The molecule has 8 nitrogen and oxygen atoms in total. The van der Waals surface area contributed by atoms with E-state index < -0.39 is 17.7 Å². The maximum absolute atomic E-state index is 14.0. The van der Waals surface area contributed by atoms with Crippen LogP contribution in [0.5, 0.6) is 0 Å². The standard InChI is InChI=1S/C21H22ClF2N5O3/c1-3-18(30)11-8-27(2)20(31)19-12-10-28(5-4-16(12)26-29(19)9-11)21(32)25-17-6-13(22)14(23)7-15(17)24/h6-7,11H,3-5,8-10H2,1-2H3,(H,25,32). The van der Waals surface area contributed by atoms with Gasteiger partial charge in [0.1, 0.15) is 23.1 Å². The number of amides is 3. The summed E-state index contributed by atoms with van der Waals surface area (Å²) in [5, 5.41) is 6.65. The highest BCUT2D eigenvalue weighted by Crippen LogP contribution is 2.28. The molecule has 0 spiro atoms. The van der Waals surface area contributed by atoms with Crippen LogP contribution in [0.1, 0.15) is 35.1 Å². The summed E-state index contributed by atoms with van der Waals surface area (Å²) in [6, 6.07) is 1.01. The summed E-state index contributed by atoms with van der Waals surface area (Å²) in [4.78, 5) is 41.0. The lowest BCUT2D eigenvalue weighted by molar-refractivity contribution is -0.123. The fraction of sp³-hybridized carbons (Fsp3) is 0.429. The first-order valence-electron chi connectivity index (χ1n) is 10.3. The number of carbonyl (C=O) groups excluding carboxylic acids is 3. The molecule has 2 aliphatic rings. The molecule has 1 N–H and O–H groups in total. The van der Waals surface area contributed by atoms with Gasteiger partial charge in [-0.05, 0) is 6.07 Å². The van der Waals surface area contributed by atoms with E-state index in [4.69, 9.17) is 11.6 Å². The molecule has 0 fully saturated rings. The molecule has 0 saturated heterocycles. The number of aromatic nitrogens is 2. The highest BCUT2D eigenvalue weighted by atomic mass is 35.5. The van der Waals surface area contributed by atoms with Crippen molar-refractivity contribution in [3.05, 3.63) is 45.7 Å². The van der Waals surface area contributed by atoms with Crippen LogP contribution in [-0.4, -0.2) is 57.4 Å². The summed E-state index contributed by atoms with van der Waals surface area (Å²) in [6.07, 6.45) is 0.777. The van der Waals surface area contributed by atoms with E-state index in [1.807, 2.05) is 0 Å². The maximum Gasteiger partial charge on any atom is 0.322 e. The topological polar surface area (TPSA) is 87.5 Å². The number of carbonyl (C=O) groups is 3. The number of nitrogens with one attached hydrogen (secondary N) is 1. The van der Waals surface area contributed by atoms with Crippen LogP contribution < -0.4 is 5.32 Å². The first-order valence-corrected chi connectivity index (χ1v) is 10.6. The average Bonchev–Trinajstić information content (AvgIpc) is 3.06. The van der Waals surface area contributed by atoms with Crippen LogP contribution in [0.2, 0.25) is 5.02 Å². The molecule has 32 heavy (non-hydrogen) atoms. The second-order valence-electron chi connectivity index (χ2n) is 8.01. The summed E-state index contributed by atoms with van der Waals surface area (Å²) >= 11 is 5.69. The van der Waals surface area contributed by atoms with Crippen LogP contribution >= 0.6 is 11.6 Å². The number of Topliss-reactive ketones (excluding diaryl/α,β-unsaturated/α-hetero) is 1. The van der Waals surface area contributed by atoms with E-state index in [2.05, 4.69) is 10.4 Å². The van der Waals surface area contributed by atoms with Gasteiger partial charge in [0.2, 0.25) is 0 Å². The maximum atomic E-state index is 14.0. The molecule has 3 heterocycles. The lowest BCUT2D eigenvalue weighted by atomic mass is 10.0. The van der Waals surface area contributed by atoms with Crippen LogP contribution in [0.25, 0.3) is 0 Å². The number of anilines is 1. The molecule has 0 radical (unpaired) electrons. The van der Waals surface area contributed by atoms with Gasteiger partial charge >= 0.3 is 6.03 Å². The molecule has 1 aromatic heterocycles. The zero-order valence-corrected chi connectivity index (χ0v) is 18.4. The number of urea groups is 1. The minimum atomic E-state index is -0.944. The molecular formula is C21H22ClF2N5O3. The number of benzene rings is 1. The minimum absolute atomic E-state index is 0.0620. The second-order valence-corrected chi connectivity index (χ2v) is 8.41. The summed E-state index contributed by atoms with van der Waals surface area (Å²) in [7, 11) is 1.64. The van der Waals surface area contributed by atoms with Gasteiger partial charge in [0.25, 0.3) is 5.91 Å². The van der Waals surface area contributed by atoms with Crippen LogP contribution in [0.15, 0.2) is 12.1 Å². The number of hydrogen-bond acceptors (Lipinski definition) is 4. The van der Waals surface area contributed by atoms with Gasteiger partial charge in [0.05, 0.1) is 35.4 Å². The number of fused-ring (bicyclic) bond motifs is 3. The van der Waals surface area contributed by atoms with E-state index >= 15 is 0 Å². The zero-order valence-electron chi connectivity index (χ0n) is 17.6. The normalized spacial score (nSPS) is 18.2. The Morgan fingerprint density at radius 1 is 1.25 bits per heavy atom. The van der Waals surface area contributed by atoms with Crippen LogP contribution in [0.4, 0.5) is 19.3 Å². The van der Waals surface area contributed by atoms with Crippen molar-refractivity contribution in [3.63, 3.8) is 0 Å². The molecular weight excluding hydrogens is 444 g/mol. The largest absolute Gasteiger partial charge is 0.340 e. The molecule has 0 saturated carbocycles. The number of ketones is 1. The lowest BCUT2D eigenvalue weighted by Gasteiger charge is -2.27. The molecule has 0 bridgehead atoms. The molecule has 2 aromatic rings. The Hall–Kier alpha value is -3.01. The van der Waals surface area contributed by atoms with Crippen molar-refractivity contribution < 1.29 is 23.2 Å². The molecule has 1 atom stereocenters. The van der Waals surface area contributed by atoms with Crippen molar-refractivity contribution in [2.24, 2.45) is 5.92 Å². The van der Waals surface area contributed by atoms with E-state index in [1.54, 1.807) is 18.7 Å². The third-order valence-corrected chi connectivity index (χ3v) is 6.17. The summed E-state index contributed by atoms with van der Waals surface area (Å²) in [5.74, 6) is -2.41. The molecule has 2 aliphatic heterocycles. The van der Waals surface area contributed by atoms with Crippen molar-refractivity contribution in [3.8, 4) is 0 Å². The van der Waals surface area contributed by atoms with Gasteiger partial charge in [-0.3, -0.25) is 14.3 Å². The SMILES string of the molecule is CCC(=O)C1CN(C)C(=O)c2c3c(nn2C1)CCN(C(=O)Nc1cc(Cl)c(F)cc1F)C3. The van der Waals surface area contributed by atoms with E-state index in [9.17, 15) is 23.2 Å². The van der Waals surface area contributed by atoms with Gasteiger partial charge < -0.3 is 15.1 Å². The predicted molar refractivity (Wildman–Crippen MR) is 112 cm³/mol. The Balaban J connectivity index is 1.59. The smallest absolute Gasteiger partial charge is 0.322 e. The second kappa shape index (κ2) is 8.50. The van der Waals surface area contributed by atoms with Crippen molar-refractivity contribution in [1.82, 2.24) is 19.6 Å². The molecule has 4 rings (SSSR count). The van der Waals surface area contributed by atoms with Crippen LogP contribution in [-0.2, 0) is 24.3 Å². The Morgan fingerprint density at radius 2 is 2.00 bits per heavy atom. The van der Waals surface area contributed by atoms with Crippen molar-refractivity contribution in [2.45, 2.75) is 32.9 Å². The van der Waals surface area contributed by atoms with Gasteiger partial charge in [-0.2, -0.15) is 5.10 Å². The van der Waals surface area contributed by atoms with E-state index in [-0.39, 0.29) is 34.9 Å². The Morgan fingerprint density at radius 3 is 2.72 bits per heavy atom. The van der Waals surface area contributed by atoms with Crippen LogP contribution in [0.3, 0.4) is 0 Å². The lowest BCUT2D eigenvalue weighted by Crippen LogP contribution is -2.40. The first-order chi connectivity index (χ1) is 15.2. The fourth-order valence-electron chi connectivity index (χ4n) is 4.14. The van der Waals surface area contributed by atoms with Crippen molar-refractivity contribution in [1.29, 1.82) is 0 Å². The monoisotopic (exact) mass is 465 g/mol. The fourth-order valence-corrected chi connectivity index (χ4v) is 4.30. The molecule has 3 amide bonds. The van der Waals surface area contributed by atoms with Gasteiger partial charge in [-0.1, -0.05) is 18.5 Å². The number of halogens is 3. The molecule has 1 unspecified atom stereocenters. The molecule has 170 valence electrons. The summed E-state index contributed by atoms with van der Waals surface area (Å²) in [6.45, 7) is 2.79. The highest BCUT2D eigenvalue weighted by Gasteiger charge is 2.36. The van der Waals surface area contributed by atoms with Gasteiger partial charge in [-0.25, -0.2) is 13.6 Å². The number of hydrogen-bond donors (Lipinski definition) is 1. The van der Waals surface area contributed by atoms with Crippen molar-refractivity contribution in [2.75, 3.05) is 25.5 Å². The first kappa shape index (κ1) is 22.2. The van der Waals surface area contributed by atoms with E-state index in [0.29, 0.717) is 55.5 Å². The van der Waals surface area contributed by atoms with Gasteiger partial charge in [-0.15, -0.1) is 0 Å². The Kier molecular flexibility index (Phi) is 5.89. The highest BCUT2D eigenvalue weighted by molar-refractivity contribution is 6.31. The Bertz CT molecular complexity index is 1120. The molecule has 1 aromatic carbocycles. The van der Waals surface area contributed by atoms with Crippen molar-refractivity contribution >= 4 is 35.0 Å². The number of rotatable bonds is 3. The predicted octanol–water partition coefficient (Wildman–Crippen LogP) is 3.09. The van der Waals surface area contributed by atoms with Gasteiger partial charge in [0, 0.05) is 44.6 Å².